The lowest BCUT2D eigenvalue weighted by Crippen LogP contribution is -2.26. The Balaban J connectivity index is 2.32. The molecule has 1 aromatic heterocycles. The van der Waals surface area contributed by atoms with Crippen molar-refractivity contribution in [2.24, 2.45) is 0 Å². The molecule has 7 heteroatoms. The highest BCUT2D eigenvalue weighted by molar-refractivity contribution is 8.01. The second-order valence-electron chi connectivity index (χ2n) is 5.24. The van der Waals surface area contributed by atoms with E-state index in [-0.39, 0.29) is 11.4 Å². The summed E-state index contributed by atoms with van der Waals surface area (Å²) in [7, 11) is 0. The quantitative estimate of drug-likeness (QED) is 0.599. The third-order valence-electron chi connectivity index (χ3n) is 2.07. The first-order chi connectivity index (χ1) is 8.90. The van der Waals surface area contributed by atoms with Crippen LogP contribution < -0.4 is 10.6 Å². The van der Waals surface area contributed by atoms with Gasteiger partial charge in [0.1, 0.15) is 0 Å². The van der Waals surface area contributed by atoms with Gasteiger partial charge in [0.2, 0.25) is 11.0 Å². The molecule has 0 aliphatic heterocycles. The van der Waals surface area contributed by atoms with Gasteiger partial charge in [0.15, 0.2) is 4.34 Å². The molecule has 1 amide bonds. The van der Waals surface area contributed by atoms with Gasteiger partial charge in [-0.15, -0.1) is 10.2 Å². The predicted octanol–water partition coefficient (Wildman–Crippen LogP) is 2.76. The maximum Gasteiger partial charge on any atom is 0.230 e. The summed E-state index contributed by atoms with van der Waals surface area (Å²) < 4.78 is 0.817. The van der Waals surface area contributed by atoms with Crippen LogP contribution in [0.15, 0.2) is 4.34 Å². The van der Waals surface area contributed by atoms with Gasteiger partial charge in [0.25, 0.3) is 0 Å². The minimum absolute atomic E-state index is 0.0288. The van der Waals surface area contributed by atoms with E-state index in [4.69, 9.17) is 0 Å². The Kier molecular flexibility index (Phi) is 6.57. The molecule has 0 unspecified atom stereocenters. The molecule has 2 N–H and O–H groups in total. The van der Waals surface area contributed by atoms with Crippen molar-refractivity contribution in [3.05, 3.63) is 0 Å². The molecule has 0 aromatic carbocycles. The van der Waals surface area contributed by atoms with E-state index < -0.39 is 0 Å². The monoisotopic (exact) mass is 302 g/mol. The van der Waals surface area contributed by atoms with Crippen molar-refractivity contribution in [1.82, 2.24) is 15.5 Å². The van der Waals surface area contributed by atoms with Gasteiger partial charge in [-0.2, -0.15) is 0 Å². The molecule has 1 aromatic rings. The molecule has 0 bridgehead atoms. The summed E-state index contributed by atoms with van der Waals surface area (Å²) in [6.45, 7) is 9.07. The number of hydrogen-bond acceptors (Lipinski definition) is 6. The van der Waals surface area contributed by atoms with Gasteiger partial charge in [0.05, 0.1) is 5.75 Å². The van der Waals surface area contributed by atoms with E-state index in [1.54, 1.807) is 0 Å². The van der Waals surface area contributed by atoms with Crippen molar-refractivity contribution in [2.45, 2.75) is 50.4 Å². The molecule has 0 atom stereocenters. The largest absolute Gasteiger partial charge is 0.355 e. The normalized spacial score (nSPS) is 11.4. The predicted molar refractivity (Wildman–Crippen MR) is 81.9 cm³/mol. The second-order valence-corrected chi connectivity index (χ2v) is 7.44. The zero-order valence-electron chi connectivity index (χ0n) is 11.9. The lowest BCUT2D eigenvalue weighted by Gasteiger charge is -2.18. The first-order valence-corrected chi connectivity index (χ1v) is 8.22. The van der Waals surface area contributed by atoms with Crippen LogP contribution in [0, 0.1) is 0 Å². The number of rotatable bonds is 7. The van der Waals surface area contributed by atoms with Gasteiger partial charge in [-0.3, -0.25) is 4.79 Å². The molecule has 19 heavy (non-hydrogen) atoms. The number of anilines is 1. The molecular formula is C12H22N4OS2. The minimum atomic E-state index is -0.0288. The van der Waals surface area contributed by atoms with Crippen LogP contribution in [0.5, 0.6) is 0 Å². The maximum atomic E-state index is 11.5. The summed E-state index contributed by atoms with van der Waals surface area (Å²) >= 11 is 2.91. The Hall–Kier alpha value is -0.820. The smallest absolute Gasteiger partial charge is 0.230 e. The molecule has 0 spiro atoms. The van der Waals surface area contributed by atoms with E-state index in [0.29, 0.717) is 5.75 Å². The summed E-state index contributed by atoms with van der Waals surface area (Å²) in [5.41, 5.74) is -0.0288. The van der Waals surface area contributed by atoms with Gasteiger partial charge in [-0.25, -0.2) is 0 Å². The van der Waals surface area contributed by atoms with E-state index in [1.807, 2.05) is 0 Å². The fraction of sp³-hybridized carbons (Fsp3) is 0.750. The number of hydrogen-bond donors (Lipinski definition) is 2. The first-order valence-electron chi connectivity index (χ1n) is 6.42. The summed E-state index contributed by atoms with van der Waals surface area (Å²) in [6, 6.07) is 0. The Morgan fingerprint density at radius 3 is 2.74 bits per heavy atom. The minimum Gasteiger partial charge on any atom is -0.355 e. The van der Waals surface area contributed by atoms with Crippen LogP contribution in [0.2, 0.25) is 0 Å². The topological polar surface area (TPSA) is 66.9 Å². The first kappa shape index (κ1) is 16.2. The van der Waals surface area contributed by atoms with Gasteiger partial charge in [-0.05, 0) is 27.2 Å². The number of carbonyl (C=O) groups excluding carboxylic acids is 1. The highest BCUT2D eigenvalue weighted by atomic mass is 32.2. The molecule has 5 nitrogen and oxygen atoms in total. The third-order valence-corrected chi connectivity index (χ3v) is 4.04. The van der Waals surface area contributed by atoms with Crippen LogP contribution >= 0.6 is 23.1 Å². The van der Waals surface area contributed by atoms with Crippen LogP contribution in [-0.2, 0) is 4.79 Å². The molecule has 0 saturated carbocycles. The number of nitrogens with one attached hydrogen (secondary N) is 2. The highest BCUT2D eigenvalue weighted by Gasteiger charge is 2.13. The molecule has 108 valence electrons. The number of thioether (sulfide) groups is 1. The lowest BCUT2D eigenvalue weighted by atomic mass is 10.1. The van der Waals surface area contributed by atoms with Crippen molar-refractivity contribution in [2.75, 3.05) is 17.6 Å². The van der Waals surface area contributed by atoms with Crippen molar-refractivity contribution in [1.29, 1.82) is 0 Å². The summed E-state index contributed by atoms with van der Waals surface area (Å²) in [5, 5.41) is 15.1. The number of nitrogens with zero attached hydrogens (tertiary/aromatic N) is 2. The molecule has 1 rings (SSSR count). The molecule has 1 heterocycles. The molecule has 0 aliphatic carbocycles. The van der Waals surface area contributed by atoms with Gasteiger partial charge in [0, 0.05) is 12.1 Å². The third kappa shape index (κ3) is 7.37. The number of unbranched alkanes of at least 4 members (excludes halogenated alkanes) is 1. The molecule has 0 radical (unpaired) electrons. The molecule has 0 aliphatic rings. The Morgan fingerprint density at radius 2 is 2.11 bits per heavy atom. The van der Waals surface area contributed by atoms with E-state index in [2.05, 4.69) is 48.5 Å². The van der Waals surface area contributed by atoms with Crippen LogP contribution in [0.4, 0.5) is 5.13 Å². The number of carbonyl (C=O) groups is 1. The van der Waals surface area contributed by atoms with E-state index in [9.17, 15) is 4.79 Å². The zero-order chi connectivity index (χ0) is 14.3. The average Bonchev–Trinajstić information content (AvgIpc) is 2.72. The van der Waals surface area contributed by atoms with Gasteiger partial charge < -0.3 is 10.6 Å². The Bertz CT molecular complexity index is 401. The summed E-state index contributed by atoms with van der Waals surface area (Å²) in [6.07, 6.45) is 2.11. The maximum absolute atomic E-state index is 11.5. The van der Waals surface area contributed by atoms with Crippen molar-refractivity contribution in [3.63, 3.8) is 0 Å². The summed E-state index contributed by atoms with van der Waals surface area (Å²) in [4.78, 5) is 11.5. The SMILES string of the molecule is CCCCNC(=O)CSc1nnc(NC(C)(C)C)s1. The average molecular weight is 302 g/mol. The van der Waals surface area contributed by atoms with Gasteiger partial charge in [-0.1, -0.05) is 36.4 Å². The Labute approximate surface area is 123 Å². The fourth-order valence-electron chi connectivity index (χ4n) is 1.22. The molecule has 0 saturated heterocycles. The summed E-state index contributed by atoms with van der Waals surface area (Å²) in [5.74, 6) is 0.451. The lowest BCUT2D eigenvalue weighted by molar-refractivity contribution is -0.118. The van der Waals surface area contributed by atoms with Crippen LogP contribution in [-0.4, -0.2) is 33.9 Å². The van der Waals surface area contributed by atoms with Crippen molar-refractivity contribution < 1.29 is 4.79 Å². The van der Waals surface area contributed by atoms with Crippen LogP contribution in [0.1, 0.15) is 40.5 Å². The van der Waals surface area contributed by atoms with Gasteiger partial charge >= 0.3 is 0 Å². The highest BCUT2D eigenvalue weighted by Crippen LogP contribution is 2.26. The molecule has 0 fully saturated rings. The molecular weight excluding hydrogens is 280 g/mol. The van der Waals surface area contributed by atoms with Crippen molar-refractivity contribution >= 4 is 34.1 Å². The Morgan fingerprint density at radius 1 is 1.37 bits per heavy atom. The number of aromatic nitrogens is 2. The van der Waals surface area contributed by atoms with E-state index >= 15 is 0 Å². The second kappa shape index (κ2) is 7.69. The van der Waals surface area contributed by atoms with Crippen molar-refractivity contribution in [3.8, 4) is 0 Å². The van der Waals surface area contributed by atoms with E-state index in [1.165, 1.54) is 23.1 Å². The standard InChI is InChI=1S/C12H22N4OS2/c1-5-6-7-13-9(17)8-18-11-16-15-10(19-11)14-12(2,3)4/h5-8H2,1-4H3,(H,13,17)(H,14,15). The van der Waals surface area contributed by atoms with Crippen LogP contribution in [0.25, 0.3) is 0 Å². The van der Waals surface area contributed by atoms with E-state index in [0.717, 1.165) is 28.9 Å². The number of amides is 1. The van der Waals surface area contributed by atoms with Crippen LogP contribution in [0.3, 0.4) is 0 Å². The fourth-order valence-corrected chi connectivity index (χ4v) is 3.01. The zero-order valence-corrected chi connectivity index (χ0v) is 13.6.